The van der Waals surface area contributed by atoms with Crippen LogP contribution in [0, 0.1) is 12.8 Å². The number of carbonyl (C=O) groups is 1. The highest BCUT2D eigenvalue weighted by Crippen LogP contribution is 2.48. The van der Waals surface area contributed by atoms with E-state index >= 15 is 0 Å². The number of hydrogen-bond donors (Lipinski definition) is 0. The number of aromatic nitrogens is 4. The molecule has 42 heavy (non-hydrogen) atoms. The second kappa shape index (κ2) is 11.4. The molecule has 220 valence electrons. The fraction of sp³-hybridized carbons (Fsp3) is 0.419. The number of alkyl halides is 3. The summed E-state index contributed by atoms with van der Waals surface area (Å²) in [7, 11) is 0. The molecule has 3 heterocycles. The molecule has 0 spiro atoms. The number of nitrogens with zero attached hydrogens (tertiary/aromatic N) is 5. The number of ether oxygens (including phenoxy) is 1. The van der Waals surface area contributed by atoms with Crippen molar-refractivity contribution in [1.29, 1.82) is 0 Å². The van der Waals surface area contributed by atoms with Crippen LogP contribution in [0.15, 0.2) is 53.3 Å². The first-order chi connectivity index (χ1) is 20.2. The van der Waals surface area contributed by atoms with Crippen LogP contribution in [0.5, 0.6) is 5.75 Å². The van der Waals surface area contributed by atoms with Crippen LogP contribution in [0.25, 0.3) is 11.1 Å². The van der Waals surface area contributed by atoms with Crippen molar-refractivity contribution in [2.75, 3.05) is 6.54 Å². The molecule has 8 nitrogen and oxygen atoms in total. The normalized spacial score (nSPS) is 18.6. The number of rotatable bonds is 10. The first kappa shape index (κ1) is 28.1. The molecule has 4 aromatic rings. The van der Waals surface area contributed by atoms with Gasteiger partial charge in [0.05, 0.1) is 6.54 Å². The van der Waals surface area contributed by atoms with Crippen LogP contribution >= 0.6 is 0 Å². The van der Waals surface area contributed by atoms with Crippen molar-refractivity contribution in [2.45, 2.75) is 71.4 Å². The molecule has 1 aliphatic carbocycles. The lowest BCUT2D eigenvalue weighted by molar-refractivity contribution is -0.274. The summed E-state index contributed by atoms with van der Waals surface area (Å²) in [5, 5.41) is 3.84. The van der Waals surface area contributed by atoms with Crippen LogP contribution in [-0.4, -0.2) is 43.3 Å². The Morgan fingerprint density at radius 3 is 2.81 bits per heavy atom. The van der Waals surface area contributed by atoms with Gasteiger partial charge in [0.1, 0.15) is 17.4 Å². The highest BCUT2D eigenvalue weighted by Gasteiger charge is 2.47. The van der Waals surface area contributed by atoms with Crippen molar-refractivity contribution in [3.63, 3.8) is 0 Å². The monoisotopic (exact) mass is 579 g/mol. The molecule has 1 fully saturated rings. The molecule has 0 saturated heterocycles. The molecule has 0 amide bonds. The van der Waals surface area contributed by atoms with E-state index < -0.39 is 6.36 Å². The Morgan fingerprint density at radius 1 is 1.19 bits per heavy atom. The van der Waals surface area contributed by atoms with Gasteiger partial charge < -0.3 is 13.8 Å². The van der Waals surface area contributed by atoms with Crippen molar-refractivity contribution in [2.24, 2.45) is 5.92 Å². The van der Waals surface area contributed by atoms with Gasteiger partial charge in [-0.25, -0.2) is 4.98 Å². The minimum Gasteiger partial charge on any atom is -0.406 e. The molecule has 11 heteroatoms. The third-order valence-corrected chi connectivity index (χ3v) is 8.18. The maximum Gasteiger partial charge on any atom is 0.573 e. The van der Waals surface area contributed by atoms with E-state index in [0.29, 0.717) is 43.2 Å². The molecule has 0 N–H and O–H groups in total. The van der Waals surface area contributed by atoms with E-state index in [0.717, 1.165) is 54.0 Å². The second-order valence-electron chi connectivity index (χ2n) is 11.0. The van der Waals surface area contributed by atoms with Gasteiger partial charge in [-0.15, -0.1) is 13.2 Å². The molecule has 2 aromatic carbocycles. The third-order valence-electron chi connectivity index (χ3n) is 8.18. The number of ketones is 1. The Morgan fingerprint density at radius 2 is 2.05 bits per heavy atom. The van der Waals surface area contributed by atoms with Gasteiger partial charge in [-0.05, 0) is 73.1 Å². The van der Waals surface area contributed by atoms with E-state index in [2.05, 4.69) is 36.3 Å². The lowest BCUT2D eigenvalue weighted by Gasteiger charge is -2.32. The van der Waals surface area contributed by atoms with Gasteiger partial charge in [0, 0.05) is 50.3 Å². The summed E-state index contributed by atoms with van der Waals surface area (Å²) in [6, 6.07) is 10.1. The topological polar surface area (TPSA) is 86.3 Å². The van der Waals surface area contributed by atoms with E-state index in [1.54, 1.807) is 19.1 Å². The summed E-state index contributed by atoms with van der Waals surface area (Å²) in [6.45, 7) is 6.81. The van der Waals surface area contributed by atoms with Gasteiger partial charge in [0.15, 0.2) is 5.82 Å². The number of carbonyl (C=O) groups excluding carboxylic acids is 1. The largest absolute Gasteiger partial charge is 0.573 e. The van der Waals surface area contributed by atoms with Crippen molar-refractivity contribution in [1.82, 2.24) is 24.6 Å². The molecule has 6 rings (SSSR count). The average Bonchev–Trinajstić information content (AvgIpc) is 3.44. The molecule has 2 aromatic heterocycles. The fourth-order valence-corrected chi connectivity index (χ4v) is 6.01. The van der Waals surface area contributed by atoms with E-state index in [1.807, 2.05) is 24.5 Å². The smallest absolute Gasteiger partial charge is 0.406 e. The molecule has 0 radical (unpaired) electrons. The van der Waals surface area contributed by atoms with Gasteiger partial charge in [-0.3, -0.25) is 9.69 Å². The minimum absolute atomic E-state index is 0.000941. The summed E-state index contributed by atoms with van der Waals surface area (Å²) in [5.74, 6) is 1.93. The zero-order chi connectivity index (χ0) is 29.4. The molecular formula is C31H32F3N5O3. The number of imidazole rings is 1. The molecule has 1 aliphatic heterocycles. The number of halogens is 3. The predicted molar refractivity (Wildman–Crippen MR) is 147 cm³/mol. The summed E-state index contributed by atoms with van der Waals surface area (Å²) in [5.41, 5.74) is 4.87. The van der Waals surface area contributed by atoms with Gasteiger partial charge in [-0.2, -0.15) is 4.98 Å². The number of aryl methyl sites for hydroxylation is 3. The Balaban J connectivity index is 1.25. The van der Waals surface area contributed by atoms with Crippen molar-refractivity contribution in [3.8, 4) is 16.9 Å². The first-order valence-corrected chi connectivity index (χ1v) is 14.2. The number of benzene rings is 2. The maximum absolute atomic E-state index is 13.1. The molecular weight excluding hydrogens is 547 g/mol. The molecule has 2 atom stereocenters. The van der Waals surface area contributed by atoms with Crippen LogP contribution < -0.4 is 4.74 Å². The van der Waals surface area contributed by atoms with E-state index in [-0.39, 0.29) is 23.4 Å². The van der Waals surface area contributed by atoms with Crippen molar-refractivity contribution in [3.05, 3.63) is 83.0 Å². The highest BCUT2D eigenvalue weighted by molar-refractivity contribution is 5.85. The Kier molecular flexibility index (Phi) is 7.61. The number of hydrogen-bond acceptors (Lipinski definition) is 7. The summed E-state index contributed by atoms with van der Waals surface area (Å²) < 4.78 is 50.3. The van der Waals surface area contributed by atoms with Crippen LogP contribution in [0.4, 0.5) is 13.2 Å². The van der Waals surface area contributed by atoms with Crippen LogP contribution in [0.3, 0.4) is 0 Å². The van der Waals surface area contributed by atoms with Crippen molar-refractivity contribution >= 4 is 5.78 Å². The summed E-state index contributed by atoms with van der Waals surface area (Å²) in [4.78, 5) is 24.3. The lowest BCUT2D eigenvalue weighted by atomic mass is 9.86. The second-order valence-corrected chi connectivity index (χ2v) is 11.0. The lowest BCUT2D eigenvalue weighted by Crippen LogP contribution is -2.32. The third kappa shape index (κ3) is 6.11. The number of Topliss-reactive ketones (excluding diaryl/α,β-unsaturated/α-hetero) is 1. The first-order valence-electron chi connectivity index (χ1n) is 14.2. The molecule has 0 bridgehead atoms. The molecule has 1 unspecified atom stereocenters. The van der Waals surface area contributed by atoms with E-state index in [9.17, 15) is 18.0 Å². The van der Waals surface area contributed by atoms with Gasteiger partial charge in [-0.1, -0.05) is 29.4 Å². The van der Waals surface area contributed by atoms with Crippen molar-refractivity contribution < 1.29 is 27.2 Å². The SMILES string of the molecule is CCn1ccnc1CN1CCc2c(-c3cccc(OC(F)(F)F)c3)ccc(CCC(=O)C3C[C@H]3c3nc(C)no3)c2C1. The Bertz CT molecular complexity index is 1590. The van der Waals surface area contributed by atoms with Gasteiger partial charge >= 0.3 is 6.36 Å². The fourth-order valence-electron chi connectivity index (χ4n) is 6.01. The zero-order valence-corrected chi connectivity index (χ0v) is 23.5. The predicted octanol–water partition coefficient (Wildman–Crippen LogP) is 6.02. The maximum atomic E-state index is 13.1. The van der Waals surface area contributed by atoms with Crippen LogP contribution in [0.2, 0.25) is 0 Å². The Hall–Kier alpha value is -3.99. The molecule has 1 saturated carbocycles. The standard InChI is InChI=1S/C31H32F3N5O3/c1-3-39-14-12-35-29(39)18-38-13-11-24-23(21-5-4-6-22(15-21)41-31(32,33)34)9-7-20(27(24)17-38)8-10-28(40)25-16-26(25)30-36-19(2)37-42-30/h4-7,9,12,14-15,25-26H,3,8,10-11,13,16-18H2,1-2H3/t25?,26-/m1/s1. The average molecular weight is 580 g/mol. The summed E-state index contributed by atoms with van der Waals surface area (Å²) >= 11 is 0. The van der Waals surface area contributed by atoms with Gasteiger partial charge in [0.2, 0.25) is 5.89 Å². The van der Waals surface area contributed by atoms with E-state index in [4.69, 9.17) is 4.52 Å². The quantitative estimate of drug-likeness (QED) is 0.227. The zero-order valence-electron chi connectivity index (χ0n) is 23.5. The molecule has 2 aliphatic rings. The van der Waals surface area contributed by atoms with Gasteiger partial charge in [0.25, 0.3) is 0 Å². The Labute approximate surface area is 241 Å². The summed E-state index contributed by atoms with van der Waals surface area (Å²) in [6.07, 6.45) is 1.46. The minimum atomic E-state index is -4.76. The number of fused-ring (bicyclic) bond motifs is 1. The van der Waals surface area contributed by atoms with Crippen LogP contribution in [0.1, 0.15) is 59.9 Å². The van der Waals surface area contributed by atoms with E-state index in [1.165, 1.54) is 12.1 Å². The highest BCUT2D eigenvalue weighted by atomic mass is 19.4. The van der Waals surface area contributed by atoms with Crippen LogP contribution in [-0.2, 0) is 37.3 Å².